The largest absolute Gasteiger partial charge is 0.456 e. The minimum atomic E-state index is 0.862. The van der Waals surface area contributed by atoms with Gasteiger partial charge in [0.2, 0.25) is 0 Å². The summed E-state index contributed by atoms with van der Waals surface area (Å²) in [6.45, 7) is 6.17. The molecule has 0 N–H and O–H groups in total. The number of para-hydroxylation sites is 3. The van der Waals surface area contributed by atoms with Gasteiger partial charge in [-0.1, -0.05) is 128 Å². The van der Waals surface area contributed by atoms with Crippen molar-refractivity contribution in [2.24, 2.45) is 0 Å². The zero-order valence-corrected chi connectivity index (χ0v) is 32.3. The Kier molecular flexibility index (Phi) is 8.74. The summed E-state index contributed by atoms with van der Waals surface area (Å²) in [6, 6.07) is 67.2. The number of fused-ring (bicyclic) bond motifs is 4. The number of aryl methyl sites for hydroxylation is 1. The number of furan rings is 1. The number of rotatable bonds is 9. The molecule has 0 aliphatic heterocycles. The van der Waals surface area contributed by atoms with E-state index in [1.165, 1.54) is 42.7 Å². The number of hydrogen-bond donors (Lipinski definition) is 0. The number of anilines is 3. The fraction of sp³-hybridized carbons (Fsp3) is 0.0189. The molecule has 3 heterocycles. The van der Waals surface area contributed by atoms with Crippen molar-refractivity contribution in [2.45, 2.75) is 6.92 Å². The second-order valence-corrected chi connectivity index (χ2v) is 15.3. The summed E-state index contributed by atoms with van der Waals surface area (Å²) in [7, 11) is 0. The van der Waals surface area contributed by atoms with Crippen LogP contribution in [-0.2, 0) is 0 Å². The van der Waals surface area contributed by atoms with Crippen LogP contribution in [0.15, 0.2) is 211 Å². The standard InChI is InChI=1S/C53H38N2OS/c1-3-14-45(53-36(2)44-19-11-13-22-50(44)56-53)37-23-27-41(28-24-37)54(42-29-25-39(26-30-42)52-34-33-51(57-52)38-15-6-4-7-16-38)43-31-32-49-47(35-43)46-20-10-12-21-48(46)55(49)40-17-8-5-9-18-40/h3-35H,1H2,2H3/b45-14-. The molecule has 10 aromatic rings. The third-order valence-corrected chi connectivity index (χ3v) is 12.0. The second kappa shape index (κ2) is 14.5. The molecule has 0 aliphatic rings. The predicted molar refractivity (Wildman–Crippen MR) is 242 cm³/mol. The van der Waals surface area contributed by atoms with E-state index in [0.717, 1.165) is 56.2 Å². The van der Waals surface area contributed by atoms with E-state index in [9.17, 15) is 0 Å². The minimum Gasteiger partial charge on any atom is -0.456 e. The maximum atomic E-state index is 6.44. The van der Waals surface area contributed by atoms with Crippen LogP contribution in [0.2, 0.25) is 0 Å². The third-order valence-electron chi connectivity index (χ3n) is 10.8. The lowest BCUT2D eigenvalue weighted by Gasteiger charge is -2.26. The van der Waals surface area contributed by atoms with Crippen molar-refractivity contribution < 1.29 is 4.42 Å². The zero-order valence-electron chi connectivity index (χ0n) is 31.5. The van der Waals surface area contributed by atoms with Crippen molar-refractivity contribution in [3.63, 3.8) is 0 Å². The van der Waals surface area contributed by atoms with Gasteiger partial charge in [-0.15, -0.1) is 11.3 Å². The van der Waals surface area contributed by atoms with Crippen LogP contribution < -0.4 is 4.90 Å². The Morgan fingerprint density at radius 2 is 1.14 bits per heavy atom. The molecule has 0 spiro atoms. The Balaban J connectivity index is 1.09. The van der Waals surface area contributed by atoms with Gasteiger partial charge in [0.25, 0.3) is 0 Å². The SMILES string of the molecule is C=C/C=C(/c1ccc(N(c2ccc(-c3ccc(-c4ccccc4)s3)cc2)c2ccc3c(c2)c2ccccc2n3-c2ccccc2)cc1)c1oc2ccccc2c1C. The van der Waals surface area contributed by atoms with Crippen LogP contribution in [0.25, 0.3) is 64.9 Å². The average Bonchev–Trinajstić information content (AvgIpc) is 3.99. The van der Waals surface area contributed by atoms with E-state index in [-0.39, 0.29) is 0 Å². The highest BCUT2D eigenvalue weighted by Gasteiger charge is 2.20. The van der Waals surface area contributed by atoms with Gasteiger partial charge in [0, 0.05) is 59.8 Å². The molecule has 3 aromatic heterocycles. The maximum Gasteiger partial charge on any atom is 0.138 e. The van der Waals surface area contributed by atoms with Crippen LogP contribution in [0, 0.1) is 6.92 Å². The Bertz CT molecular complexity index is 3070. The lowest BCUT2D eigenvalue weighted by molar-refractivity contribution is 0.597. The molecule has 272 valence electrons. The van der Waals surface area contributed by atoms with E-state index in [2.05, 4.69) is 199 Å². The van der Waals surface area contributed by atoms with Crippen LogP contribution >= 0.6 is 11.3 Å². The highest BCUT2D eigenvalue weighted by atomic mass is 32.1. The second-order valence-electron chi connectivity index (χ2n) is 14.2. The highest BCUT2D eigenvalue weighted by molar-refractivity contribution is 7.18. The monoisotopic (exact) mass is 750 g/mol. The molecule has 7 aromatic carbocycles. The number of thiophene rings is 1. The van der Waals surface area contributed by atoms with Crippen molar-refractivity contribution in [1.29, 1.82) is 0 Å². The fourth-order valence-electron chi connectivity index (χ4n) is 8.07. The molecule has 0 bridgehead atoms. The number of hydrogen-bond acceptors (Lipinski definition) is 3. The van der Waals surface area contributed by atoms with Gasteiger partial charge in [-0.25, -0.2) is 0 Å². The van der Waals surface area contributed by atoms with Gasteiger partial charge in [0.05, 0.1) is 11.0 Å². The van der Waals surface area contributed by atoms with Crippen LogP contribution in [0.3, 0.4) is 0 Å². The van der Waals surface area contributed by atoms with E-state index in [0.29, 0.717) is 0 Å². The van der Waals surface area contributed by atoms with Gasteiger partial charge < -0.3 is 13.9 Å². The predicted octanol–water partition coefficient (Wildman–Crippen LogP) is 15.3. The molecule has 4 heteroatoms. The molecule has 0 aliphatic carbocycles. The number of benzene rings is 7. The molecule has 10 rings (SSSR count). The summed E-state index contributed by atoms with van der Waals surface area (Å²) in [4.78, 5) is 4.87. The first kappa shape index (κ1) is 34.4. The molecule has 0 amide bonds. The summed E-state index contributed by atoms with van der Waals surface area (Å²) in [5, 5.41) is 3.54. The molecule has 0 saturated heterocycles. The van der Waals surface area contributed by atoms with Gasteiger partial charge in [-0.2, -0.15) is 0 Å². The van der Waals surface area contributed by atoms with Crippen LogP contribution in [0.1, 0.15) is 16.9 Å². The smallest absolute Gasteiger partial charge is 0.138 e. The quantitative estimate of drug-likeness (QED) is 0.137. The lowest BCUT2D eigenvalue weighted by atomic mass is 9.99. The average molecular weight is 751 g/mol. The lowest BCUT2D eigenvalue weighted by Crippen LogP contribution is -2.10. The van der Waals surface area contributed by atoms with Crippen LogP contribution in [-0.4, -0.2) is 4.57 Å². The Morgan fingerprint density at radius 3 is 1.84 bits per heavy atom. The highest BCUT2D eigenvalue weighted by Crippen LogP contribution is 2.42. The van der Waals surface area contributed by atoms with Crippen molar-refractivity contribution in [2.75, 3.05) is 4.90 Å². The molecule has 3 nitrogen and oxygen atoms in total. The van der Waals surface area contributed by atoms with Gasteiger partial charge in [-0.05, 0) is 102 Å². The van der Waals surface area contributed by atoms with Crippen molar-refractivity contribution in [3.05, 3.63) is 224 Å². The van der Waals surface area contributed by atoms with Gasteiger partial charge in [0.1, 0.15) is 11.3 Å². The number of allylic oxidation sites excluding steroid dienone is 2. The molecular formula is C53H38N2OS. The van der Waals surface area contributed by atoms with Gasteiger partial charge in [0.15, 0.2) is 0 Å². The maximum absolute atomic E-state index is 6.44. The summed E-state index contributed by atoms with van der Waals surface area (Å²) in [6.07, 6.45) is 3.88. The fourth-order valence-corrected chi connectivity index (χ4v) is 9.09. The van der Waals surface area contributed by atoms with Crippen molar-refractivity contribution in [1.82, 2.24) is 4.57 Å². The van der Waals surface area contributed by atoms with E-state index in [1.54, 1.807) is 0 Å². The zero-order chi connectivity index (χ0) is 38.3. The van der Waals surface area contributed by atoms with E-state index in [1.807, 2.05) is 35.6 Å². The van der Waals surface area contributed by atoms with Crippen LogP contribution in [0.5, 0.6) is 0 Å². The minimum absolute atomic E-state index is 0.862. The topological polar surface area (TPSA) is 21.3 Å². The molecule has 57 heavy (non-hydrogen) atoms. The first-order chi connectivity index (χ1) is 28.1. The van der Waals surface area contributed by atoms with Gasteiger partial charge >= 0.3 is 0 Å². The van der Waals surface area contributed by atoms with E-state index in [4.69, 9.17) is 4.42 Å². The molecule has 0 saturated carbocycles. The Labute approximate surface area is 336 Å². The summed E-state index contributed by atoms with van der Waals surface area (Å²) >= 11 is 1.82. The van der Waals surface area contributed by atoms with E-state index < -0.39 is 0 Å². The van der Waals surface area contributed by atoms with E-state index >= 15 is 0 Å². The molecule has 0 radical (unpaired) electrons. The molecular weight excluding hydrogens is 713 g/mol. The molecule has 0 atom stereocenters. The Morgan fingerprint density at radius 1 is 0.561 bits per heavy atom. The summed E-state index contributed by atoms with van der Waals surface area (Å²) < 4.78 is 8.80. The van der Waals surface area contributed by atoms with Crippen molar-refractivity contribution in [3.8, 4) is 26.6 Å². The first-order valence-corrected chi connectivity index (χ1v) is 20.0. The summed E-state index contributed by atoms with van der Waals surface area (Å²) in [5.41, 5.74) is 13.2. The number of nitrogens with zero attached hydrogens (tertiary/aromatic N) is 2. The first-order valence-electron chi connectivity index (χ1n) is 19.2. The van der Waals surface area contributed by atoms with Gasteiger partial charge in [-0.3, -0.25) is 0 Å². The Hall–Kier alpha value is -7.14. The van der Waals surface area contributed by atoms with Crippen molar-refractivity contribution >= 4 is 66.7 Å². The molecule has 0 fully saturated rings. The normalized spacial score (nSPS) is 11.8. The molecule has 0 unspecified atom stereocenters. The third kappa shape index (κ3) is 6.17. The number of aromatic nitrogens is 1. The summed E-state index contributed by atoms with van der Waals surface area (Å²) in [5.74, 6) is 0.862. The van der Waals surface area contributed by atoms with Crippen LogP contribution in [0.4, 0.5) is 17.1 Å².